The maximum atomic E-state index is 12.7. The molecule has 1 aliphatic rings. The van der Waals surface area contributed by atoms with Crippen LogP contribution in [0.25, 0.3) is 0 Å². The van der Waals surface area contributed by atoms with Crippen LogP contribution in [0.4, 0.5) is 0 Å². The monoisotopic (exact) mass is 326 g/mol. The van der Waals surface area contributed by atoms with E-state index in [9.17, 15) is 4.79 Å². The topological polar surface area (TPSA) is 46.3 Å². The number of rotatable bonds is 4. The SMILES string of the molecule is Cc1noc(C)c1CCC(=O)N1CCCCC(c2ccccc2)C1. The van der Waals surface area contributed by atoms with E-state index < -0.39 is 0 Å². The molecular formula is C20H26N2O2. The van der Waals surface area contributed by atoms with E-state index >= 15 is 0 Å². The standard InChI is InChI=1S/C20H26N2O2/c1-15-19(16(2)24-21-15)11-12-20(23)22-13-7-6-10-18(14-22)17-8-4-3-5-9-17/h3-5,8-9,18H,6-7,10-14H2,1-2H3. The third-order valence-corrected chi connectivity index (χ3v) is 5.07. The fourth-order valence-corrected chi connectivity index (χ4v) is 3.61. The zero-order valence-electron chi connectivity index (χ0n) is 14.6. The smallest absolute Gasteiger partial charge is 0.222 e. The molecular weight excluding hydrogens is 300 g/mol. The fourth-order valence-electron chi connectivity index (χ4n) is 3.61. The Morgan fingerprint density at radius 2 is 2.04 bits per heavy atom. The molecule has 1 amide bonds. The zero-order valence-corrected chi connectivity index (χ0v) is 14.6. The van der Waals surface area contributed by atoms with Gasteiger partial charge in [0, 0.05) is 31.0 Å². The number of nitrogens with zero attached hydrogens (tertiary/aromatic N) is 2. The molecule has 0 bridgehead atoms. The molecule has 3 rings (SSSR count). The van der Waals surface area contributed by atoms with Crippen molar-refractivity contribution < 1.29 is 9.32 Å². The Hall–Kier alpha value is -2.10. The number of aromatic nitrogens is 1. The molecule has 1 aliphatic heterocycles. The highest BCUT2D eigenvalue weighted by atomic mass is 16.5. The number of benzene rings is 1. The second kappa shape index (κ2) is 7.65. The summed E-state index contributed by atoms with van der Waals surface area (Å²) in [5.74, 6) is 1.54. The van der Waals surface area contributed by atoms with Crippen LogP contribution in [-0.2, 0) is 11.2 Å². The molecule has 4 heteroatoms. The summed E-state index contributed by atoms with van der Waals surface area (Å²) >= 11 is 0. The predicted molar refractivity (Wildman–Crippen MR) is 93.9 cm³/mol. The van der Waals surface area contributed by atoms with Crippen LogP contribution in [0.2, 0.25) is 0 Å². The first-order valence-electron chi connectivity index (χ1n) is 8.89. The Balaban J connectivity index is 1.63. The van der Waals surface area contributed by atoms with Crippen LogP contribution in [0.5, 0.6) is 0 Å². The van der Waals surface area contributed by atoms with E-state index in [0.29, 0.717) is 18.8 Å². The van der Waals surface area contributed by atoms with E-state index in [2.05, 4.69) is 34.3 Å². The first kappa shape index (κ1) is 16.7. The molecule has 1 atom stereocenters. The van der Waals surface area contributed by atoms with Crippen LogP contribution in [0.3, 0.4) is 0 Å². The average Bonchev–Trinajstić information content (AvgIpc) is 2.81. The van der Waals surface area contributed by atoms with Crippen molar-refractivity contribution in [2.75, 3.05) is 13.1 Å². The summed E-state index contributed by atoms with van der Waals surface area (Å²) in [6.07, 6.45) is 4.70. The number of hydrogen-bond donors (Lipinski definition) is 0. The van der Waals surface area contributed by atoms with E-state index in [4.69, 9.17) is 4.52 Å². The maximum absolute atomic E-state index is 12.7. The van der Waals surface area contributed by atoms with Gasteiger partial charge in [0.25, 0.3) is 0 Å². The van der Waals surface area contributed by atoms with Gasteiger partial charge in [-0.15, -0.1) is 0 Å². The van der Waals surface area contributed by atoms with Crippen LogP contribution in [0.1, 0.15) is 54.2 Å². The van der Waals surface area contributed by atoms with E-state index in [1.54, 1.807) is 0 Å². The van der Waals surface area contributed by atoms with Gasteiger partial charge in [0.15, 0.2) is 0 Å². The van der Waals surface area contributed by atoms with Crippen molar-refractivity contribution in [1.82, 2.24) is 10.1 Å². The van der Waals surface area contributed by atoms with E-state index in [1.807, 2.05) is 19.9 Å². The molecule has 2 heterocycles. The fraction of sp³-hybridized carbons (Fsp3) is 0.500. The van der Waals surface area contributed by atoms with Crippen LogP contribution < -0.4 is 0 Å². The number of carbonyl (C=O) groups is 1. The minimum absolute atomic E-state index is 0.248. The number of hydrogen-bond acceptors (Lipinski definition) is 3. The first-order valence-corrected chi connectivity index (χ1v) is 8.89. The molecule has 4 nitrogen and oxygen atoms in total. The molecule has 0 aliphatic carbocycles. The highest BCUT2D eigenvalue weighted by molar-refractivity contribution is 5.76. The van der Waals surface area contributed by atoms with E-state index in [0.717, 1.165) is 42.9 Å². The Morgan fingerprint density at radius 1 is 1.25 bits per heavy atom. The lowest BCUT2D eigenvalue weighted by Gasteiger charge is -2.25. The van der Waals surface area contributed by atoms with Crippen molar-refractivity contribution in [3.63, 3.8) is 0 Å². The second-order valence-corrected chi connectivity index (χ2v) is 6.75. The van der Waals surface area contributed by atoms with Crippen LogP contribution in [-0.4, -0.2) is 29.1 Å². The Bertz CT molecular complexity index is 659. The van der Waals surface area contributed by atoms with Gasteiger partial charge in [-0.25, -0.2) is 0 Å². The van der Waals surface area contributed by atoms with Crippen LogP contribution in [0, 0.1) is 13.8 Å². The van der Waals surface area contributed by atoms with Gasteiger partial charge < -0.3 is 9.42 Å². The minimum atomic E-state index is 0.248. The van der Waals surface area contributed by atoms with E-state index in [-0.39, 0.29) is 5.91 Å². The van der Waals surface area contributed by atoms with Crippen LogP contribution in [0.15, 0.2) is 34.9 Å². The van der Waals surface area contributed by atoms with Crippen LogP contribution >= 0.6 is 0 Å². The summed E-state index contributed by atoms with van der Waals surface area (Å²) in [7, 11) is 0. The molecule has 0 saturated carbocycles. The van der Waals surface area contributed by atoms with Crippen molar-refractivity contribution >= 4 is 5.91 Å². The number of carbonyl (C=O) groups excluding carboxylic acids is 1. The lowest BCUT2D eigenvalue weighted by molar-refractivity contribution is -0.131. The second-order valence-electron chi connectivity index (χ2n) is 6.75. The van der Waals surface area contributed by atoms with Crippen molar-refractivity contribution in [2.24, 2.45) is 0 Å². The van der Waals surface area contributed by atoms with Gasteiger partial charge >= 0.3 is 0 Å². The Labute approximate surface area is 143 Å². The van der Waals surface area contributed by atoms with Gasteiger partial charge in [-0.2, -0.15) is 0 Å². The van der Waals surface area contributed by atoms with Crippen molar-refractivity contribution in [2.45, 2.75) is 51.9 Å². The van der Waals surface area contributed by atoms with Crippen molar-refractivity contribution in [3.8, 4) is 0 Å². The predicted octanol–water partition coefficient (Wildman–Crippen LogP) is 4.02. The minimum Gasteiger partial charge on any atom is -0.361 e. The lowest BCUT2D eigenvalue weighted by atomic mass is 9.94. The molecule has 1 fully saturated rings. The van der Waals surface area contributed by atoms with E-state index in [1.165, 1.54) is 12.0 Å². The molecule has 1 saturated heterocycles. The lowest BCUT2D eigenvalue weighted by Crippen LogP contribution is -2.34. The molecule has 1 aromatic carbocycles. The third-order valence-electron chi connectivity index (χ3n) is 5.07. The van der Waals surface area contributed by atoms with Gasteiger partial charge in [0.05, 0.1) is 5.69 Å². The van der Waals surface area contributed by atoms with Gasteiger partial charge in [-0.3, -0.25) is 4.79 Å². The highest BCUT2D eigenvalue weighted by Crippen LogP contribution is 2.27. The Morgan fingerprint density at radius 3 is 2.75 bits per heavy atom. The zero-order chi connectivity index (χ0) is 16.9. The number of aryl methyl sites for hydroxylation is 2. The summed E-state index contributed by atoms with van der Waals surface area (Å²) in [5.41, 5.74) is 3.33. The summed E-state index contributed by atoms with van der Waals surface area (Å²) in [4.78, 5) is 14.8. The molecule has 1 unspecified atom stereocenters. The summed E-state index contributed by atoms with van der Waals surface area (Å²) in [6, 6.07) is 10.6. The molecule has 0 radical (unpaired) electrons. The van der Waals surface area contributed by atoms with Gasteiger partial charge in [-0.1, -0.05) is 41.9 Å². The molecule has 0 spiro atoms. The van der Waals surface area contributed by atoms with Gasteiger partial charge in [0.1, 0.15) is 5.76 Å². The molecule has 2 aromatic rings. The molecule has 0 N–H and O–H groups in total. The van der Waals surface area contributed by atoms with Crippen molar-refractivity contribution in [1.29, 1.82) is 0 Å². The highest BCUT2D eigenvalue weighted by Gasteiger charge is 2.23. The molecule has 1 aromatic heterocycles. The third kappa shape index (κ3) is 3.86. The first-order chi connectivity index (χ1) is 11.6. The Kier molecular flexibility index (Phi) is 5.34. The normalized spacial score (nSPS) is 18.4. The van der Waals surface area contributed by atoms with Crippen molar-refractivity contribution in [3.05, 3.63) is 52.9 Å². The maximum Gasteiger partial charge on any atom is 0.222 e. The van der Waals surface area contributed by atoms with Gasteiger partial charge in [0.2, 0.25) is 5.91 Å². The number of amides is 1. The summed E-state index contributed by atoms with van der Waals surface area (Å²) in [6.45, 7) is 5.57. The largest absolute Gasteiger partial charge is 0.361 e. The molecule has 128 valence electrons. The average molecular weight is 326 g/mol. The summed E-state index contributed by atoms with van der Waals surface area (Å²) in [5, 5.41) is 3.97. The quantitative estimate of drug-likeness (QED) is 0.852. The summed E-state index contributed by atoms with van der Waals surface area (Å²) < 4.78 is 5.19. The molecule has 24 heavy (non-hydrogen) atoms. The van der Waals surface area contributed by atoms with Gasteiger partial charge in [-0.05, 0) is 38.7 Å². The number of likely N-dealkylation sites (tertiary alicyclic amines) is 1.